The number of imide groups is 2. The molecule has 0 spiro atoms. The molecule has 1 saturated heterocycles. The molecule has 0 N–H and O–H groups in total. The Labute approximate surface area is 142 Å². The van der Waals surface area contributed by atoms with Crippen LogP contribution >= 0.6 is 22.9 Å². The summed E-state index contributed by atoms with van der Waals surface area (Å²) < 4.78 is 0.569. The Kier molecular flexibility index (Phi) is 4.19. The third-order valence-corrected chi connectivity index (χ3v) is 4.91. The van der Waals surface area contributed by atoms with Crippen molar-refractivity contribution in [1.82, 2.24) is 9.80 Å². The SMILES string of the molecule is CC(c1ccccc1)N1C(=O)C(=O)N(Cc2ccc(Cl)s2)C1=O. The monoisotopic (exact) mass is 348 g/mol. The first-order valence-electron chi connectivity index (χ1n) is 6.97. The first-order chi connectivity index (χ1) is 11.0. The largest absolute Gasteiger partial charge is 0.335 e. The van der Waals surface area contributed by atoms with Crippen molar-refractivity contribution in [2.24, 2.45) is 0 Å². The van der Waals surface area contributed by atoms with Crippen molar-refractivity contribution in [3.63, 3.8) is 0 Å². The zero-order valence-electron chi connectivity index (χ0n) is 12.2. The van der Waals surface area contributed by atoms with Gasteiger partial charge in [-0.1, -0.05) is 41.9 Å². The van der Waals surface area contributed by atoms with Gasteiger partial charge >= 0.3 is 17.8 Å². The highest BCUT2D eigenvalue weighted by Gasteiger charge is 2.46. The third kappa shape index (κ3) is 2.87. The van der Waals surface area contributed by atoms with E-state index in [0.717, 1.165) is 20.2 Å². The first-order valence-corrected chi connectivity index (χ1v) is 8.16. The maximum absolute atomic E-state index is 12.5. The molecule has 0 aliphatic carbocycles. The predicted octanol–water partition coefficient (Wildman–Crippen LogP) is 3.45. The minimum Gasteiger partial charge on any atom is -0.263 e. The molecular formula is C16H13ClN2O3S. The average Bonchev–Trinajstić information content (AvgIpc) is 3.05. The van der Waals surface area contributed by atoms with Crippen LogP contribution in [0.15, 0.2) is 42.5 Å². The number of halogens is 1. The van der Waals surface area contributed by atoms with Crippen molar-refractivity contribution in [3.8, 4) is 0 Å². The van der Waals surface area contributed by atoms with Crippen molar-refractivity contribution >= 4 is 40.8 Å². The number of carbonyl (C=O) groups is 3. The fraction of sp³-hybridized carbons (Fsp3) is 0.188. The number of rotatable bonds is 4. The molecule has 1 aromatic carbocycles. The van der Waals surface area contributed by atoms with Gasteiger partial charge in [0.2, 0.25) is 0 Å². The summed E-state index contributed by atoms with van der Waals surface area (Å²) in [7, 11) is 0. The number of hydrogen-bond acceptors (Lipinski definition) is 4. The molecule has 2 aromatic rings. The molecule has 7 heteroatoms. The fourth-order valence-corrected chi connectivity index (χ4v) is 3.55. The van der Waals surface area contributed by atoms with Gasteiger partial charge < -0.3 is 0 Å². The quantitative estimate of drug-likeness (QED) is 0.628. The number of carbonyl (C=O) groups excluding carboxylic acids is 3. The topological polar surface area (TPSA) is 57.7 Å². The molecule has 0 bridgehead atoms. The Morgan fingerprint density at radius 2 is 1.74 bits per heavy atom. The molecular weight excluding hydrogens is 336 g/mol. The fourth-order valence-electron chi connectivity index (χ4n) is 2.48. The Morgan fingerprint density at radius 1 is 1.04 bits per heavy atom. The van der Waals surface area contributed by atoms with Gasteiger partial charge in [-0.15, -0.1) is 11.3 Å². The minimum atomic E-state index is -0.803. The summed E-state index contributed by atoms with van der Waals surface area (Å²) in [6, 6.07) is 11.5. The second kappa shape index (κ2) is 6.14. The molecule has 1 fully saturated rings. The molecule has 0 radical (unpaired) electrons. The lowest BCUT2D eigenvalue weighted by molar-refractivity contribution is -0.144. The van der Waals surface area contributed by atoms with Crippen LogP contribution < -0.4 is 0 Å². The zero-order chi connectivity index (χ0) is 16.6. The number of benzene rings is 1. The van der Waals surface area contributed by atoms with Crippen LogP contribution in [-0.4, -0.2) is 27.6 Å². The van der Waals surface area contributed by atoms with Gasteiger partial charge in [0.05, 0.1) is 16.9 Å². The van der Waals surface area contributed by atoms with Crippen molar-refractivity contribution in [2.75, 3.05) is 0 Å². The Morgan fingerprint density at radius 3 is 2.35 bits per heavy atom. The normalized spacial score (nSPS) is 16.3. The van der Waals surface area contributed by atoms with Gasteiger partial charge in [-0.2, -0.15) is 0 Å². The summed E-state index contributed by atoms with van der Waals surface area (Å²) in [6.45, 7) is 1.78. The average molecular weight is 349 g/mol. The molecule has 4 amide bonds. The van der Waals surface area contributed by atoms with E-state index in [2.05, 4.69) is 0 Å². The Balaban J connectivity index is 1.85. The first kappa shape index (κ1) is 15.7. The van der Waals surface area contributed by atoms with Crippen molar-refractivity contribution < 1.29 is 14.4 Å². The van der Waals surface area contributed by atoms with Gasteiger partial charge in [-0.05, 0) is 24.6 Å². The van der Waals surface area contributed by atoms with E-state index in [9.17, 15) is 14.4 Å². The molecule has 1 atom stereocenters. The van der Waals surface area contributed by atoms with Crippen molar-refractivity contribution in [1.29, 1.82) is 0 Å². The molecule has 1 aliphatic rings. The van der Waals surface area contributed by atoms with Crippen LogP contribution in [0.25, 0.3) is 0 Å². The van der Waals surface area contributed by atoms with Crippen LogP contribution in [-0.2, 0) is 16.1 Å². The van der Waals surface area contributed by atoms with Crippen LogP contribution in [0.2, 0.25) is 4.34 Å². The third-order valence-electron chi connectivity index (χ3n) is 3.70. The standard InChI is InChI=1S/C16H13ClN2O3S/c1-10(11-5-3-2-4-6-11)19-15(21)14(20)18(16(19)22)9-12-7-8-13(17)23-12/h2-8,10H,9H2,1H3. The highest BCUT2D eigenvalue weighted by atomic mass is 35.5. The minimum absolute atomic E-state index is 0.0544. The van der Waals surface area contributed by atoms with E-state index in [1.807, 2.05) is 30.3 Å². The second-order valence-corrected chi connectivity index (χ2v) is 6.94. The van der Waals surface area contributed by atoms with E-state index in [1.165, 1.54) is 11.3 Å². The number of hydrogen-bond donors (Lipinski definition) is 0. The van der Waals surface area contributed by atoms with E-state index in [4.69, 9.17) is 11.6 Å². The molecule has 0 saturated carbocycles. The highest BCUT2D eigenvalue weighted by molar-refractivity contribution is 7.16. The zero-order valence-corrected chi connectivity index (χ0v) is 13.8. The Bertz CT molecular complexity index is 775. The van der Waals surface area contributed by atoms with Crippen LogP contribution in [0.1, 0.15) is 23.4 Å². The number of thiophene rings is 1. The van der Waals surface area contributed by atoms with Crippen LogP contribution in [0, 0.1) is 0 Å². The van der Waals surface area contributed by atoms with Gasteiger partial charge in [0.1, 0.15) is 0 Å². The van der Waals surface area contributed by atoms with Gasteiger partial charge in [0.15, 0.2) is 0 Å². The van der Waals surface area contributed by atoms with E-state index < -0.39 is 23.9 Å². The molecule has 1 unspecified atom stereocenters. The van der Waals surface area contributed by atoms with Crippen molar-refractivity contribution in [3.05, 3.63) is 57.2 Å². The predicted molar refractivity (Wildman–Crippen MR) is 87.0 cm³/mol. The summed E-state index contributed by atoms with van der Waals surface area (Å²) in [5, 5.41) is 0. The van der Waals surface area contributed by atoms with Gasteiger partial charge in [-0.25, -0.2) is 9.69 Å². The summed E-state index contributed by atoms with van der Waals surface area (Å²) in [6.07, 6.45) is 0. The second-order valence-electron chi connectivity index (χ2n) is 5.14. The molecule has 23 heavy (non-hydrogen) atoms. The molecule has 1 aromatic heterocycles. The van der Waals surface area contributed by atoms with E-state index in [0.29, 0.717) is 4.34 Å². The maximum Gasteiger partial charge on any atom is 0.335 e. The number of urea groups is 1. The summed E-state index contributed by atoms with van der Waals surface area (Å²) >= 11 is 7.13. The summed E-state index contributed by atoms with van der Waals surface area (Å²) in [5.74, 6) is -1.60. The van der Waals surface area contributed by atoms with Crippen LogP contribution in [0.5, 0.6) is 0 Å². The number of amides is 4. The van der Waals surface area contributed by atoms with E-state index in [1.54, 1.807) is 19.1 Å². The van der Waals surface area contributed by atoms with E-state index in [-0.39, 0.29) is 6.54 Å². The van der Waals surface area contributed by atoms with Gasteiger partial charge in [0, 0.05) is 4.88 Å². The molecule has 2 heterocycles. The smallest absolute Gasteiger partial charge is 0.263 e. The van der Waals surface area contributed by atoms with Gasteiger partial charge in [0.25, 0.3) is 0 Å². The summed E-state index contributed by atoms with van der Waals surface area (Å²) in [5.41, 5.74) is 0.794. The van der Waals surface area contributed by atoms with Crippen LogP contribution in [0.3, 0.4) is 0 Å². The molecule has 3 rings (SSSR count). The Hall–Kier alpha value is -2.18. The lowest BCUT2D eigenvalue weighted by Gasteiger charge is -2.22. The lowest BCUT2D eigenvalue weighted by atomic mass is 10.1. The summed E-state index contributed by atoms with van der Waals surface area (Å²) in [4.78, 5) is 39.6. The molecule has 5 nitrogen and oxygen atoms in total. The van der Waals surface area contributed by atoms with E-state index >= 15 is 0 Å². The van der Waals surface area contributed by atoms with Crippen LogP contribution in [0.4, 0.5) is 4.79 Å². The molecule has 118 valence electrons. The number of nitrogens with zero attached hydrogens (tertiary/aromatic N) is 2. The van der Waals surface area contributed by atoms with Crippen molar-refractivity contribution in [2.45, 2.75) is 19.5 Å². The lowest BCUT2D eigenvalue weighted by Crippen LogP contribution is -2.34. The maximum atomic E-state index is 12.5. The van der Waals surface area contributed by atoms with Gasteiger partial charge in [-0.3, -0.25) is 14.5 Å². The highest BCUT2D eigenvalue weighted by Crippen LogP contribution is 2.29. The molecule has 1 aliphatic heterocycles.